The Bertz CT molecular complexity index is 889. The number of piperazine rings is 1. The molecule has 2 aliphatic heterocycles. The van der Waals surface area contributed by atoms with Crippen LogP contribution in [-0.2, 0) is 21.0 Å². The van der Waals surface area contributed by atoms with Gasteiger partial charge in [0.05, 0.1) is 16.5 Å². The molecule has 0 spiro atoms. The van der Waals surface area contributed by atoms with E-state index in [9.17, 15) is 26.4 Å². The second-order valence-electron chi connectivity index (χ2n) is 8.80. The number of carbonyl (C=O) groups excluding carboxylic acids is 1. The molecule has 1 aromatic rings. The first-order chi connectivity index (χ1) is 14.4. The van der Waals surface area contributed by atoms with Crippen LogP contribution < -0.4 is 0 Å². The molecule has 174 valence electrons. The molecule has 2 fully saturated rings. The van der Waals surface area contributed by atoms with Gasteiger partial charge in [-0.3, -0.25) is 9.69 Å². The molecular formula is C21H30F3N3O3S. The number of alkyl halides is 3. The minimum absolute atomic E-state index is 0.0251. The molecule has 10 heteroatoms. The van der Waals surface area contributed by atoms with Crippen LogP contribution in [0.2, 0.25) is 0 Å². The van der Waals surface area contributed by atoms with Crippen LogP contribution in [0.1, 0.15) is 32.8 Å². The minimum Gasteiger partial charge on any atom is -0.341 e. The van der Waals surface area contributed by atoms with Crippen LogP contribution in [0.25, 0.3) is 0 Å². The zero-order chi connectivity index (χ0) is 23.0. The highest BCUT2D eigenvalue weighted by Gasteiger charge is 2.40. The van der Waals surface area contributed by atoms with Crippen molar-refractivity contribution in [1.82, 2.24) is 14.1 Å². The Hall–Kier alpha value is -1.65. The van der Waals surface area contributed by atoms with Gasteiger partial charge in [0.2, 0.25) is 15.9 Å². The Kier molecular flexibility index (Phi) is 7.02. The average Bonchev–Trinajstić information content (AvgIpc) is 2.71. The summed E-state index contributed by atoms with van der Waals surface area (Å²) in [5, 5.41) is 0. The predicted octanol–water partition coefficient (Wildman–Crippen LogP) is 2.90. The van der Waals surface area contributed by atoms with Crippen LogP contribution in [0.15, 0.2) is 29.2 Å². The van der Waals surface area contributed by atoms with Gasteiger partial charge in [0.25, 0.3) is 0 Å². The average molecular weight is 462 g/mol. The summed E-state index contributed by atoms with van der Waals surface area (Å²) in [5.41, 5.74) is -1.16. The van der Waals surface area contributed by atoms with Gasteiger partial charge in [-0.25, -0.2) is 8.42 Å². The summed E-state index contributed by atoms with van der Waals surface area (Å²) in [7, 11) is -4.29. The Balaban J connectivity index is 1.67. The molecule has 2 heterocycles. The third-order valence-corrected chi connectivity index (χ3v) is 8.13. The standard InChI is InChI=1S/C21H30F3N3O3S/c1-15-12-16(2)14-26(13-15)20(28)17(3)25-8-10-27(11-9-25)31(29,30)19-7-5-4-6-18(19)21(22,23)24/h4-7,15-17H,8-14H2,1-3H3/t15-,16-,17+/m1/s1. The van der Waals surface area contributed by atoms with Crippen molar-refractivity contribution in [1.29, 1.82) is 0 Å². The molecule has 0 radical (unpaired) electrons. The van der Waals surface area contributed by atoms with Gasteiger partial charge in [0.1, 0.15) is 0 Å². The number of hydrogen-bond donors (Lipinski definition) is 0. The number of carbonyl (C=O) groups is 1. The molecular weight excluding hydrogens is 431 g/mol. The van der Waals surface area contributed by atoms with E-state index in [0.29, 0.717) is 24.9 Å². The fourth-order valence-corrected chi connectivity index (χ4v) is 6.29. The molecule has 6 nitrogen and oxygen atoms in total. The van der Waals surface area contributed by atoms with Crippen LogP contribution in [0.3, 0.4) is 0 Å². The summed E-state index contributed by atoms with van der Waals surface area (Å²) in [6, 6.07) is 3.85. The van der Waals surface area contributed by atoms with Crippen molar-refractivity contribution in [3.8, 4) is 0 Å². The maximum Gasteiger partial charge on any atom is 0.417 e. The number of halogens is 3. The molecule has 0 unspecified atom stereocenters. The van der Waals surface area contributed by atoms with Gasteiger partial charge in [0.15, 0.2) is 0 Å². The molecule has 0 aromatic heterocycles. The number of nitrogens with zero attached hydrogens (tertiary/aromatic N) is 3. The Labute approximate surface area is 182 Å². The normalized spacial score (nSPS) is 25.4. The maximum absolute atomic E-state index is 13.3. The van der Waals surface area contributed by atoms with Crippen LogP contribution in [-0.4, -0.2) is 73.7 Å². The molecule has 3 rings (SSSR count). The summed E-state index contributed by atoms with van der Waals surface area (Å²) >= 11 is 0. The van der Waals surface area contributed by atoms with E-state index in [1.54, 1.807) is 0 Å². The summed E-state index contributed by atoms with van der Waals surface area (Å²) in [6.07, 6.45) is -3.66. The van der Waals surface area contributed by atoms with Gasteiger partial charge < -0.3 is 4.90 Å². The largest absolute Gasteiger partial charge is 0.417 e. The Morgan fingerprint density at radius 3 is 2.13 bits per heavy atom. The summed E-state index contributed by atoms with van der Waals surface area (Å²) in [4.78, 5) is 16.0. The lowest BCUT2D eigenvalue weighted by molar-refractivity contribution is -0.140. The second-order valence-corrected chi connectivity index (χ2v) is 10.7. The number of sulfonamides is 1. The van der Waals surface area contributed by atoms with E-state index in [1.165, 1.54) is 12.1 Å². The smallest absolute Gasteiger partial charge is 0.341 e. The zero-order valence-corrected chi connectivity index (χ0v) is 18.9. The van der Waals surface area contributed by atoms with Crippen LogP contribution in [0.5, 0.6) is 0 Å². The first-order valence-electron chi connectivity index (χ1n) is 10.6. The van der Waals surface area contributed by atoms with E-state index in [-0.39, 0.29) is 19.0 Å². The van der Waals surface area contributed by atoms with Crippen molar-refractivity contribution in [2.45, 2.75) is 44.3 Å². The topological polar surface area (TPSA) is 60.9 Å². The molecule has 0 saturated carbocycles. The van der Waals surface area contributed by atoms with E-state index in [2.05, 4.69) is 13.8 Å². The third-order valence-electron chi connectivity index (χ3n) is 6.17. The summed E-state index contributed by atoms with van der Waals surface area (Å²) in [5.74, 6) is 0.906. The maximum atomic E-state index is 13.3. The molecule has 1 aromatic carbocycles. The predicted molar refractivity (Wildman–Crippen MR) is 111 cm³/mol. The van der Waals surface area contributed by atoms with Crippen molar-refractivity contribution >= 4 is 15.9 Å². The highest BCUT2D eigenvalue weighted by Crippen LogP contribution is 2.35. The monoisotopic (exact) mass is 461 g/mol. The van der Waals surface area contributed by atoms with Crippen molar-refractivity contribution < 1.29 is 26.4 Å². The highest BCUT2D eigenvalue weighted by molar-refractivity contribution is 7.89. The number of hydrogen-bond acceptors (Lipinski definition) is 4. The second kappa shape index (κ2) is 9.07. The zero-order valence-electron chi connectivity index (χ0n) is 18.1. The molecule has 0 aliphatic carbocycles. The molecule has 3 atom stereocenters. The first-order valence-corrected chi connectivity index (χ1v) is 12.0. The third kappa shape index (κ3) is 5.23. The minimum atomic E-state index is -4.75. The van der Waals surface area contributed by atoms with Crippen LogP contribution in [0, 0.1) is 11.8 Å². The molecule has 0 N–H and O–H groups in total. The quantitative estimate of drug-likeness (QED) is 0.692. The Morgan fingerprint density at radius 1 is 1.03 bits per heavy atom. The number of amides is 1. The summed E-state index contributed by atoms with van der Waals surface area (Å²) in [6.45, 7) is 8.17. The lowest BCUT2D eigenvalue weighted by atomic mass is 9.91. The van der Waals surface area contributed by atoms with Gasteiger partial charge in [-0.15, -0.1) is 0 Å². The Morgan fingerprint density at radius 2 is 1.58 bits per heavy atom. The SMILES string of the molecule is C[C@@H]1C[C@@H](C)CN(C(=O)[C@H](C)N2CCN(S(=O)(=O)c3ccccc3C(F)(F)F)CC2)C1. The molecule has 2 saturated heterocycles. The van der Waals surface area contributed by atoms with Gasteiger partial charge in [-0.1, -0.05) is 26.0 Å². The van der Waals surface area contributed by atoms with Gasteiger partial charge >= 0.3 is 6.18 Å². The molecule has 1 amide bonds. The van der Waals surface area contributed by atoms with Gasteiger partial charge in [-0.2, -0.15) is 17.5 Å². The van der Waals surface area contributed by atoms with Crippen molar-refractivity contribution in [2.75, 3.05) is 39.3 Å². The van der Waals surface area contributed by atoms with Crippen LogP contribution >= 0.6 is 0 Å². The fourth-order valence-electron chi connectivity index (χ4n) is 4.66. The molecule has 0 bridgehead atoms. The van der Waals surface area contributed by atoms with E-state index in [0.717, 1.165) is 35.9 Å². The highest BCUT2D eigenvalue weighted by atomic mass is 32.2. The first kappa shape index (κ1) is 24.0. The number of likely N-dealkylation sites (tertiary alicyclic amines) is 1. The lowest BCUT2D eigenvalue weighted by Crippen LogP contribution is -2.56. The molecule has 31 heavy (non-hydrogen) atoms. The van der Waals surface area contributed by atoms with Crippen molar-refractivity contribution in [3.05, 3.63) is 29.8 Å². The van der Waals surface area contributed by atoms with Gasteiger partial charge in [-0.05, 0) is 37.3 Å². The van der Waals surface area contributed by atoms with E-state index in [4.69, 9.17) is 0 Å². The summed E-state index contributed by atoms with van der Waals surface area (Å²) < 4.78 is 66.8. The van der Waals surface area contributed by atoms with E-state index in [1.807, 2.05) is 16.7 Å². The number of benzene rings is 1. The fraction of sp³-hybridized carbons (Fsp3) is 0.667. The van der Waals surface area contributed by atoms with E-state index < -0.39 is 32.7 Å². The number of rotatable bonds is 4. The molecule has 2 aliphatic rings. The van der Waals surface area contributed by atoms with Crippen LogP contribution in [0.4, 0.5) is 13.2 Å². The number of piperidine rings is 1. The van der Waals surface area contributed by atoms with E-state index >= 15 is 0 Å². The van der Waals surface area contributed by atoms with Crippen molar-refractivity contribution in [2.24, 2.45) is 11.8 Å². The van der Waals surface area contributed by atoms with Gasteiger partial charge in [0, 0.05) is 39.3 Å². The van der Waals surface area contributed by atoms with Crippen molar-refractivity contribution in [3.63, 3.8) is 0 Å². The lowest BCUT2D eigenvalue weighted by Gasteiger charge is -2.41.